The van der Waals surface area contributed by atoms with Crippen molar-refractivity contribution in [2.75, 3.05) is 18.4 Å². The maximum atomic E-state index is 12.6. The number of anilines is 1. The van der Waals surface area contributed by atoms with Crippen LogP contribution < -0.4 is 10.9 Å². The highest BCUT2D eigenvalue weighted by Crippen LogP contribution is 2.30. The molecular weight excluding hydrogens is 404 g/mol. The lowest BCUT2D eigenvalue weighted by molar-refractivity contribution is 0.161. The van der Waals surface area contributed by atoms with Crippen LogP contribution in [0.4, 0.5) is 10.5 Å². The number of benzene rings is 1. The van der Waals surface area contributed by atoms with Crippen molar-refractivity contribution in [1.82, 2.24) is 24.6 Å². The number of H-pyrrole nitrogens is 1. The van der Waals surface area contributed by atoms with Crippen LogP contribution in [0.5, 0.6) is 0 Å². The zero-order valence-corrected chi connectivity index (χ0v) is 17.2. The van der Waals surface area contributed by atoms with Gasteiger partial charge < -0.3 is 15.2 Å². The molecule has 0 spiro atoms. The van der Waals surface area contributed by atoms with E-state index in [0.717, 1.165) is 12.8 Å². The van der Waals surface area contributed by atoms with Crippen LogP contribution in [-0.4, -0.2) is 43.8 Å². The van der Waals surface area contributed by atoms with Crippen molar-refractivity contribution in [1.29, 1.82) is 0 Å². The Morgan fingerprint density at radius 3 is 2.77 bits per heavy atom. The third kappa shape index (κ3) is 3.56. The minimum Gasteiger partial charge on any atom is -0.323 e. The lowest BCUT2D eigenvalue weighted by atomic mass is 9.96. The average molecular weight is 427 g/mol. The molecule has 3 aromatic rings. The fourth-order valence-corrected chi connectivity index (χ4v) is 4.52. The number of aromatic amines is 1. The fraction of sp³-hybridized carbons (Fsp3) is 0.429. The van der Waals surface area contributed by atoms with E-state index in [4.69, 9.17) is 16.6 Å². The molecule has 2 aromatic heterocycles. The first-order valence-corrected chi connectivity index (χ1v) is 10.8. The van der Waals surface area contributed by atoms with Gasteiger partial charge in [0.15, 0.2) is 5.65 Å². The summed E-state index contributed by atoms with van der Waals surface area (Å²) < 4.78 is 1.93. The number of fused-ring (bicyclic) bond motifs is 1. The molecule has 2 aliphatic rings. The van der Waals surface area contributed by atoms with Crippen LogP contribution in [0, 0.1) is 0 Å². The van der Waals surface area contributed by atoms with E-state index in [1.54, 1.807) is 35.4 Å². The van der Waals surface area contributed by atoms with Crippen LogP contribution in [-0.2, 0) is 0 Å². The summed E-state index contributed by atoms with van der Waals surface area (Å²) in [6.45, 7) is 0.997. The first-order chi connectivity index (χ1) is 14.6. The number of amides is 2. The molecule has 2 amide bonds. The Balaban J connectivity index is 1.31. The Bertz CT molecular complexity index is 1140. The van der Waals surface area contributed by atoms with E-state index >= 15 is 0 Å². The van der Waals surface area contributed by atoms with Gasteiger partial charge in [0.1, 0.15) is 11.2 Å². The van der Waals surface area contributed by atoms with Crippen LogP contribution >= 0.6 is 11.6 Å². The van der Waals surface area contributed by atoms with Gasteiger partial charge in [-0.3, -0.25) is 4.79 Å². The van der Waals surface area contributed by atoms with Gasteiger partial charge in [0.05, 0.1) is 18.2 Å². The van der Waals surface area contributed by atoms with E-state index in [1.807, 2.05) is 4.68 Å². The zero-order chi connectivity index (χ0) is 20.7. The number of carbonyl (C=O) groups excluding carboxylic acids is 1. The predicted octanol–water partition coefficient (Wildman–Crippen LogP) is 3.91. The van der Waals surface area contributed by atoms with Gasteiger partial charge in [-0.1, -0.05) is 36.9 Å². The van der Waals surface area contributed by atoms with E-state index in [-0.39, 0.29) is 17.5 Å². The Hall–Kier alpha value is -2.87. The second-order valence-corrected chi connectivity index (χ2v) is 8.55. The summed E-state index contributed by atoms with van der Waals surface area (Å²) >= 11 is 5.97. The summed E-state index contributed by atoms with van der Waals surface area (Å²) in [6, 6.07) is 7.16. The smallest absolute Gasteiger partial charge is 0.321 e. The summed E-state index contributed by atoms with van der Waals surface area (Å²) in [5.41, 5.74) is 1.14. The Kier molecular flexibility index (Phi) is 4.94. The monoisotopic (exact) mass is 426 g/mol. The first kappa shape index (κ1) is 19.1. The topological polar surface area (TPSA) is 95.9 Å². The lowest BCUT2D eigenvalue weighted by Crippen LogP contribution is -2.51. The standard InChI is InChI=1S/C21H23ClN6O2/c22-14-5-4-6-15(9-14)24-21(30)27-11-13(12-27)18-25-19-17(20(29)26-18)10-23-28(19)16-7-2-1-3-8-16/h4-6,9-10,13,16H,1-3,7-8,11-12H2,(H,24,30)(H,25,26,29). The van der Waals surface area contributed by atoms with E-state index in [0.29, 0.717) is 46.7 Å². The van der Waals surface area contributed by atoms with Crippen LogP contribution in [0.1, 0.15) is 49.9 Å². The lowest BCUT2D eigenvalue weighted by Gasteiger charge is -2.38. The molecule has 1 saturated heterocycles. The minimum atomic E-state index is -0.191. The molecule has 156 valence electrons. The van der Waals surface area contributed by atoms with Crippen molar-refractivity contribution in [3.05, 3.63) is 51.7 Å². The molecule has 30 heavy (non-hydrogen) atoms. The SMILES string of the molecule is O=C(Nc1cccc(Cl)c1)N1CC(c2nc3c(cnn3C3CCCCC3)c(=O)[nH]2)C1. The van der Waals surface area contributed by atoms with Crippen molar-refractivity contribution in [2.24, 2.45) is 0 Å². The molecule has 0 atom stereocenters. The number of likely N-dealkylation sites (tertiary alicyclic amines) is 1. The van der Waals surface area contributed by atoms with Crippen molar-refractivity contribution in [2.45, 2.75) is 44.1 Å². The molecule has 2 N–H and O–H groups in total. The van der Waals surface area contributed by atoms with Gasteiger partial charge in [0.2, 0.25) is 0 Å². The normalized spacial score (nSPS) is 17.8. The number of hydrogen-bond donors (Lipinski definition) is 2. The zero-order valence-electron chi connectivity index (χ0n) is 16.5. The molecule has 0 unspecified atom stereocenters. The number of carbonyl (C=O) groups is 1. The van der Waals surface area contributed by atoms with Crippen LogP contribution in [0.25, 0.3) is 11.0 Å². The number of urea groups is 1. The molecule has 1 aliphatic heterocycles. The summed E-state index contributed by atoms with van der Waals surface area (Å²) in [5.74, 6) is 0.624. The molecule has 9 heteroatoms. The highest BCUT2D eigenvalue weighted by molar-refractivity contribution is 6.30. The number of halogens is 1. The highest BCUT2D eigenvalue weighted by atomic mass is 35.5. The maximum absolute atomic E-state index is 12.6. The summed E-state index contributed by atoms with van der Waals surface area (Å²) in [5, 5.41) is 8.41. The largest absolute Gasteiger partial charge is 0.323 e. The van der Waals surface area contributed by atoms with E-state index in [1.165, 1.54) is 19.3 Å². The molecule has 1 saturated carbocycles. The molecule has 0 radical (unpaired) electrons. The van der Waals surface area contributed by atoms with Gasteiger partial charge in [-0.2, -0.15) is 5.10 Å². The average Bonchev–Trinajstić information content (AvgIpc) is 3.12. The second-order valence-electron chi connectivity index (χ2n) is 8.11. The van der Waals surface area contributed by atoms with Crippen LogP contribution in [0.3, 0.4) is 0 Å². The Morgan fingerprint density at radius 2 is 2.00 bits per heavy atom. The quantitative estimate of drug-likeness (QED) is 0.663. The number of nitrogens with zero attached hydrogens (tertiary/aromatic N) is 4. The third-order valence-electron chi connectivity index (χ3n) is 6.03. The van der Waals surface area contributed by atoms with Gasteiger partial charge in [-0.25, -0.2) is 14.5 Å². The van der Waals surface area contributed by atoms with Crippen molar-refractivity contribution in [3.63, 3.8) is 0 Å². The number of rotatable bonds is 3. The van der Waals surface area contributed by atoms with Crippen LogP contribution in [0.15, 0.2) is 35.3 Å². The van der Waals surface area contributed by atoms with E-state index < -0.39 is 0 Å². The van der Waals surface area contributed by atoms with Crippen molar-refractivity contribution in [3.8, 4) is 0 Å². The molecular formula is C21H23ClN6O2. The highest BCUT2D eigenvalue weighted by Gasteiger charge is 2.34. The van der Waals surface area contributed by atoms with Gasteiger partial charge in [-0.05, 0) is 31.0 Å². The van der Waals surface area contributed by atoms with Gasteiger partial charge in [-0.15, -0.1) is 0 Å². The van der Waals surface area contributed by atoms with Gasteiger partial charge >= 0.3 is 6.03 Å². The van der Waals surface area contributed by atoms with Crippen molar-refractivity contribution < 1.29 is 4.79 Å². The van der Waals surface area contributed by atoms with E-state index in [2.05, 4.69) is 15.4 Å². The van der Waals surface area contributed by atoms with Crippen LogP contribution in [0.2, 0.25) is 5.02 Å². The molecule has 1 aliphatic carbocycles. The Morgan fingerprint density at radius 1 is 1.20 bits per heavy atom. The summed E-state index contributed by atoms with van der Waals surface area (Å²) in [6.07, 6.45) is 7.38. The predicted molar refractivity (Wildman–Crippen MR) is 115 cm³/mol. The Labute approximate surface area is 178 Å². The van der Waals surface area contributed by atoms with E-state index in [9.17, 15) is 9.59 Å². The molecule has 2 fully saturated rings. The summed E-state index contributed by atoms with van der Waals surface area (Å²) in [7, 11) is 0. The minimum absolute atomic E-state index is 0.00178. The number of aromatic nitrogens is 4. The van der Waals surface area contributed by atoms with Gasteiger partial charge in [0.25, 0.3) is 5.56 Å². The number of hydrogen-bond acceptors (Lipinski definition) is 4. The maximum Gasteiger partial charge on any atom is 0.321 e. The van der Waals surface area contributed by atoms with Gasteiger partial charge in [0, 0.05) is 23.8 Å². The third-order valence-corrected chi connectivity index (χ3v) is 6.27. The molecule has 1 aromatic carbocycles. The molecule has 5 rings (SSSR count). The summed E-state index contributed by atoms with van der Waals surface area (Å²) in [4.78, 5) is 34.4. The molecule has 0 bridgehead atoms. The first-order valence-electron chi connectivity index (χ1n) is 10.4. The van der Waals surface area contributed by atoms with Crippen molar-refractivity contribution >= 4 is 34.4 Å². The molecule has 8 nitrogen and oxygen atoms in total. The second kappa shape index (κ2) is 7.75. The fourth-order valence-electron chi connectivity index (χ4n) is 4.33. The number of nitrogens with one attached hydrogen (secondary N) is 2. The molecule has 3 heterocycles.